The number of hydrogen-bond acceptors (Lipinski definition) is 4. The molecular weight excluding hydrogens is 250 g/mol. The van der Waals surface area contributed by atoms with Crippen LogP contribution in [0.3, 0.4) is 0 Å². The van der Waals surface area contributed by atoms with Gasteiger partial charge in [0.1, 0.15) is 0 Å². The number of sulfonamides is 1. The summed E-state index contributed by atoms with van der Waals surface area (Å²) in [5.41, 5.74) is 1.04. The van der Waals surface area contributed by atoms with Crippen molar-refractivity contribution in [2.24, 2.45) is 0 Å². The smallest absolute Gasteiger partial charge is 0.212 e. The zero-order valence-corrected chi connectivity index (χ0v) is 11.1. The molecule has 1 aromatic heterocycles. The fraction of sp³-hybridized carbons (Fsp3) is 0.583. The van der Waals surface area contributed by atoms with Gasteiger partial charge in [-0.15, -0.1) is 0 Å². The molecule has 1 aliphatic rings. The fourth-order valence-electron chi connectivity index (χ4n) is 1.65. The van der Waals surface area contributed by atoms with E-state index >= 15 is 0 Å². The molecule has 0 radical (unpaired) electrons. The average Bonchev–Trinajstić information content (AvgIpc) is 3.14. The zero-order chi connectivity index (χ0) is 12.8. The van der Waals surface area contributed by atoms with E-state index in [0.717, 1.165) is 5.56 Å². The molecule has 0 unspecified atom stereocenters. The van der Waals surface area contributed by atoms with Gasteiger partial charge in [0.15, 0.2) is 0 Å². The zero-order valence-electron chi connectivity index (χ0n) is 10.3. The van der Waals surface area contributed by atoms with Crippen molar-refractivity contribution in [3.05, 3.63) is 30.1 Å². The summed E-state index contributed by atoms with van der Waals surface area (Å²) in [7, 11) is -3.15. The molecule has 1 heterocycles. The van der Waals surface area contributed by atoms with Gasteiger partial charge in [-0.05, 0) is 30.9 Å². The highest BCUT2D eigenvalue weighted by molar-refractivity contribution is 7.89. The van der Waals surface area contributed by atoms with E-state index in [0.29, 0.717) is 25.6 Å². The van der Waals surface area contributed by atoms with Crippen molar-refractivity contribution in [1.29, 1.82) is 0 Å². The maximum atomic E-state index is 11.7. The van der Waals surface area contributed by atoms with Crippen LogP contribution in [0.15, 0.2) is 24.5 Å². The molecule has 6 heteroatoms. The van der Waals surface area contributed by atoms with Crippen LogP contribution < -0.4 is 10.0 Å². The van der Waals surface area contributed by atoms with Gasteiger partial charge in [-0.25, -0.2) is 13.1 Å². The van der Waals surface area contributed by atoms with Gasteiger partial charge in [0.05, 0.1) is 5.75 Å². The van der Waals surface area contributed by atoms with Crippen molar-refractivity contribution in [3.8, 4) is 0 Å². The quantitative estimate of drug-likeness (QED) is 0.712. The van der Waals surface area contributed by atoms with Crippen LogP contribution >= 0.6 is 0 Å². The number of pyridine rings is 1. The van der Waals surface area contributed by atoms with Gasteiger partial charge in [-0.2, -0.15) is 0 Å². The lowest BCUT2D eigenvalue weighted by atomic mass is 10.2. The van der Waals surface area contributed by atoms with E-state index in [1.165, 1.54) is 12.8 Å². The Morgan fingerprint density at radius 2 is 2.17 bits per heavy atom. The Labute approximate surface area is 108 Å². The average molecular weight is 269 g/mol. The Kier molecular flexibility index (Phi) is 4.68. The van der Waals surface area contributed by atoms with Gasteiger partial charge in [0.2, 0.25) is 10.0 Å². The Morgan fingerprint density at radius 3 is 2.83 bits per heavy atom. The lowest BCUT2D eigenvalue weighted by Crippen LogP contribution is -2.33. The monoisotopic (exact) mass is 269 g/mol. The topological polar surface area (TPSA) is 71.1 Å². The molecule has 0 bridgehead atoms. The maximum absolute atomic E-state index is 11.7. The number of rotatable bonds is 8. The van der Waals surface area contributed by atoms with Crippen LogP contribution in [-0.2, 0) is 16.4 Å². The van der Waals surface area contributed by atoms with Gasteiger partial charge in [-0.3, -0.25) is 4.98 Å². The number of nitrogens with zero attached hydrogens (tertiary/aromatic N) is 1. The van der Waals surface area contributed by atoms with E-state index < -0.39 is 10.0 Å². The molecule has 2 N–H and O–H groups in total. The lowest BCUT2D eigenvalue weighted by molar-refractivity contribution is 0.576. The second kappa shape index (κ2) is 6.26. The largest absolute Gasteiger partial charge is 0.313 e. The summed E-state index contributed by atoms with van der Waals surface area (Å²) >= 11 is 0. The molecule has 0 aromatic carbocycles. The predicted octanol–water partition coefficient (Wildman–Crippen LogP) is 0.296. The molecule has 0 saturated heterocycles. The number of nitrogens with one attached hydrogen (secondary N) is 2. The highest BCUT2D eigenvalue weighted by Crippen LogP contribution is 2.17. The molecule has 1 aromatic rings. The third kappa shape index (κ3) is 5.12. The van der Waals surface area contributed by atoms with Crippen LogP contribution in [0.5, 0.6) is 0 Å². The second-order valence-electron chi connectivity index (χ2n) is 4.55. The highest BCUT2D eigenvalue weighted by atomic mass is 32.2. The molecule has 5 nitrogen and oxygen atoms in total. The van der Waals surface area contributed by atoms with Gasteiger partial charge >= 0.3 is 0 Å². The molecule has 0 spiro atoms. The molecule has 0 atom stereocenters. The van der Waals surface area contributed by atoms with E-state index in [1.807, 2.05) is 12.1 Å². The van der Waals surface area contributed by atoms with Crippen molar-refractivity contribution < 1.29 is 8.42 Å². The molecule has 0 amide bonds. The van der Waals surface area contributed by atoms with Gasteiger partial charge in [0.25, 0.3) is 0 Å². The molecule has 0 aliphatic heterocycles. The molecule has 1 fully saturated rings. The Morgan fingerprint density at radius 1 is 1.33 bits per heavy atom. The lowest BCUT2D eigenvalue weighted by Gasteiger charge is -2.07. The first-order chi connectivity index (χ1) is 8.66. The van der Waals surface area contributed by atoms with E-state index in [1.54, 1.807) is 12.4 Å². The summed E-state index contributed by atoms with van der Waals surface area (Å²) in [6.07, 6.45) is 6.48. The van der Waals surface area contributed by atoms with Crippen molar-refractivity contribution >= 4 is 10.0 Å². The summed E-state index contributed by atoms with van der Waals surface area (Å²) in [6.45, 7) is 0.963. The summed E-state index contributed by atoms with van der Waals surface area (Å²) in [4.78, 5) is 3.99. The van der Waals surface area contributed by atoms with E-state index in [4.69, 9.17) is 0 Å². The Bertz CT molecular complexity index is 457. The predicted molar refractivity (Wildman–Crippen MR) is 70.8 cm³/mol. The first-order valence-electron chi connectivity index (χ1n) is 6.25. The Hall–Kier alpha value is -0.980. The van der Waals surface area contributed by atoms with Crippen LogP contribution in [0.2, 0.25) is 0 Å². The minimum Gasteiger partial charge on any atom is -0.313 e. The van der Waals surface area contributed by atoms with E-state index in [-0.39, 0.29) is 5.75 Å². The summed E-state index contributed by atoms with van der Waals surface area (Å²) < 4.78 is 25.9. The van der Waals surface area contributed by atoms with E-state index in [9.17, 15) is 8.42 Å². The Balaban J connectivity index is 1.64. The molecule has 100 valence electrons. The molecule has 1 saturated carbocycles. The molecular formula is C12H19N3O2S. The van der Waals surface area contributed by atoms with Crippen LogP contribution in [0.1, 0.15) is 18.4 Å². The van der Waals surface area contributed by atoms with Crippen molar-refractivity contribution in [2.75, 3.05) is 18.8 Å². The SMILES string of the molecule is O=S(=O)(CCNC1CC1)NCCc1cccnc1. The maximum Gasteiger partial charge on any atom is 0.212 e. The van der Waals surface area contributed by atoms with Gasteiger partial charge < -0.3 is 5.32 Å². The highest BCUT2D eigenvalue weighted by Gasteiger charge is 2.20. The van der Waals surface area contributed by atoms with Crippen molar-refractivity contribution in [3.63, 3.8) is 0 Å². The normalized spacial score (nSPS) is 15.8. The summed E-state index contributed by atoms with van der Waals surface area (Å²) in [5, 5.41) is 3.19. The minimum atomic E-state index is -3.15. The van der Waals surface area contributed by atoms with Gasteiger partial charge in [0, 0.05) is 31.5 Å². The van der Waals surface area contributed by atoms with Crippen LogP contribution in [0.25, 0.3) is 0 Å². The van der Waals surface area contributed by atoms with Crippen LogP contribution in [-0.4, -0.2) is 38.3 Å². The summed E-state index contributed by atoms with van der Waals surface area (Å²) in [5.74, 6) is 0.149. The molecule has 2 rings (SSSR count). The standard InChI is InChI=1S/C12H19N3O2S/c16-18(17,9-8-14-12-3-4-12)15-7-5-11-2-1-6-13-10-11/h1-2,6,10,12,14-15H,3-5,7-9H2. The summed E-state index contributed by atoms with van der Waals surface area (Å²) in [6, 6.07) is 4.34. The van der Waals surface area contributed by atoms with Gasteiger partial charge in [-0.1, -0.05) is 6.07 Å². The van der Waals surface area contributed by atoms with Crippen LogP contribution in [0.4, 0.5) is 0 Å². The number of aromatic nitrogens is 1. The van der Waals surface area contributed by atoms with E-state index in [2.05, 4.69) is 15.0 Å². The van der Waals surface area contributed by atoms with Crippen molar-refractivity contribution in [2.45, 2.75) is 25.3 Å². The fourth-order valence-corrected chi connectivity index (χ4v) is 2.60. The number of hydrogen-bond donors (Lipinski definition) is 2. The second-order valence-corrected chi connectivity index (χ2v) is 6.48. The third-order valence-corrected chi connectivity index (χ3v) is 4.23. The van der Waals surface area contributed by atoms with Crippen molar-refractivity contribution in [1.82, 2.24) is 15.0 Å². The first kappa shape index (κ1) is 13.5. The molecule has 1 aliphatic carbocycles. The minimum absolute atomic E-state index is 0.149. The van der Waals surface area contributed by atoms with Crippen LogP contribution in [0, 0.1) is 0 Å². The molecule has 18 heavy (non-hydrogen) atoms. The third-order valence-electron chi connectivity index (χ3n) is 2.84. The first-order valence-corrected chi connectivity index (χ1v) is 7.90.